The number of carbonyl (C=O) groups is 1. The van der Waals surface area contributed by atoms with Crippen molar-refractivity contribution < 1.29 is 13.2 Å². The molecular weight excluding hydrogens is 360 g/mol. The molecule has 2 atom stereocenters. The third-order valence-electron chi connectivity index (χ3n) is 6.29. The van der Waals surface area contributed by atoms with E-state index in [1.165, 1.54) is 23.2 Å². The highest BCUT2D eigenvalue weighted by Crippen LogP contribution is 2.27. The van der Waals surface area contributed by atoms with Crippen molar-refractivity contribution in [2.45, 2.75) is 81.7 Å². The Morgan fingerprint density at radius 1 is 1.04 bits per heavy atom. The van der Waals surface area contributed by atoms with Gasteiger partial charge in [0.25, 0.3) is 5.91 Å². The number of sulfonamides is 1. The minimum absolute atomic E-state index is 0.0596. The molecule has 150 valence electrons. The fraction of sp³-hybridized carbons (Fsp3) is 0.667. The maximum absolute atomic E-state index is 13.0. The molecule has 3 rings (SSSR count). The number of benzene rings is 1. The Morgan fingerprint density at radius 3 is 2.41 bits per heavy atom. The van der Waals surface area contributed by atoms with E-state index in [2.05, 4.69) is 12.2 Å². The van der Waals surface area contributed by atoms with Gasteiger partial charge in [-0.1, -0.05) is 45.1 Å². The molecule has 0 unspecified atom stereocenters. The van der Waals surface area contributed by atoms with Crippen molar-refractivity contribution in [3.63, 3.8) is 0 Å². The Labute approximate surface area is 163 Å². The van der Waals surface area contributed by atoms with Gasteiger partial charge in [0.05, 0.1) is 4.90 Å². The summed E-state index contributed by atoms with van der Waals surface area (Å²) < 4.78 is 27.6. The van der Waals surface area contributed by atoms with E-state index in [-0.39, 0.29) is 22.9 Å². The van der Waals surface area contributed by atoms with E-state index in [1.54, 1.807) is 25.2 Å². The molecular formula is C21H32N2O3S. The number of nitrogens with zero attached hydrogens (tertiary/aromatic N) is 1. The van der Waals surface area contributed by atoms with E-state index >= 15 is 0 Å². The lowest BCUT2D eigenvalue weighted by molar-refractivity contribution is 0.0910. The molecule has 1 amide bonds. The van der Waals surface area contributed by atoms with E-state index in [0.29, 0.717) is 11.5 Å². The minimum atomic E-state index is -3.59. The Balaban J connectivity index is 1.74. The molecule has 0 saturated heterocycles. The summed E-state index contributed by atoms with van der Waals surface area (Å²) in [5.74, 6) is 0.290. The number of hydrogen-bond acceptors (Lipinski definition) is 3. The SMILES string of the molecule is C[C@H]1CCCC[C@@H]1NC(=O)c1cccc(S(=O)(=O)N(C)C2CCCCC2)c1. The summed E-state index contributed by atoms with van der Waals surface area (Å²) in [4.78, 5) is 12.9. The largest absolute Gasteiger partial charge is 0.349 e. The van der Waals surface area contributed by atoms with Crippen molar-refractivity contribution in [2.24, 2.45) is 5.92 Å². The van der Waals surface area contributed by atoms with Crippen LogP contribution in [-0.4, -0.2) is 37.8 Å². The smallest absolute Gasteiger partial charge is 0.251 e. The summed E-state index contributed by atoms with van der Waals surface area (Å²) in [7, 11) is -1.92. The van der Waals surface area contributed by atoms with Crippen LogP contribution in [0.1, 0.15) is 75.1 Å². The molecule has 27 heavy (non-hydrogen) atoms. The molecule has 1 N–H and O–H groups in total. The molecule has 2 aliphatic carbocycles. The Morgan fingerprint density at radius 2 is 1.70 bits per heavy atom. The van der Waals surface area contributed by atoms with Crippen LogP contribution in [0, 0.1) is 5.92 Å². The molecule has 1 aromatic carbocycles. The predicted octanol–water partition coefficient (Wildman–Crippen LogP) is 3.95. The zero-order chi connectivity index (χ0) is 19.4. The number of amides is 1. The van der Waals surface area contributed by atoms with E-state index in [1.807, 2.05) is 0 Å². The van der Waals surface area contributed by atoms with E-state index in [9.17, 15) is 13.2 Å². The quantitative estimate of drug-likeness (QED) is 0.825. The van der Waals surface area contributed by atoms with Gasteiger partial charge in [0.2, 0.25) is 10.0 Å². The molecule has 0 radical (unpaired) electrons. The first-order valence-corrected chi connectivity index (χ1v) is 11.7. The van der Waals surface area contributed by atoms with Gasteiger partial charge in [0, 0.05) is 24.7 Å². The standard InChI is InChI=1S/C21H32N2O3S/c1-16-9-6-7-14-20(16)22-21(24)17-10-8-13-19(15-17)27(25,26)23(2)18-11-4-3-5-12-18/h8,10,13,15-16,18,20H,3-7,9,11-12,14H2,1-2H3,(H,22,24)/t16-,20-/m0/s1. The van der Waals surface area contributed by atoms with E-state index in [4.69, 9.17) is 0 Å². The molecule has 1 aromatic rings. The first kappa shape index (κ1) is 20.3. The van der Waals surface area contributed by atoms with Crippen molar-refractivity contribution in [3.8, 4) is 0 Å². The van der Waals surface area contributed by atoms with Crippen molar-refractivity contribution >= 4 is 15.9 Å². The zero-order valence-corrected chi connectivity index (χ0v) is 17.3. The second-order valence-corrected chi connectivity index (χ2v) is 10.2. The van der Waals surface area contributed by atoms with Gasteiger partial charge in [0.1, 0.15) is 0 Å². The maximum atomic E-state index is 13.0. The first-order chi connectivity index (χ1) is 12.9. The molecule has 0 aromatic heterocycles. The summed E-state index contributed by atoms with van der Waals surface area (Å²) in [6, 6.07) is 6.72. The predicted molar refractivity (Wildman–Crippen MR) is 107 cm³/mol. The van der Waals surface area contributed by atoms with Crippen LogP contribution in [0.5, 0.6) is 0 Å². The molecule has 0 heterocycles. The van der Waals surface area contributed by atoms with Gasteiger partial charge in [-0.15, -0.1) is 0 Å². The second-order valence-electron chi connectivity index (χ2n) is 8.18. The van der Waals surface area contributed by atoms with Crippen molar-refractivity contribution in [1.82, 2.24) is 9.62 Å². The fourth-order valence-corrected chi connectivity index (χ4v) is 5.85. The average molecular weight is 393 g/mol. The highest BCUT2D eigenvalue weighted by Gasteiger charge is 2.30. The summed E-state index contributed by atoms with van der Waals surface area (Å²) in [5, 5.41) is 3.11. The Kier molecular flexibility index (Phi) is 6.58. The van der Waals surface area contributed by atoms with Gasteiger partial charge in [0.15, 0.2) is 0 Å². The van der Waals surface area contributed by atoms with Crippen LogP contribution in [-0.2, 0) is 10.0 Å². The van der Waals surface area contributed by atoms with Crippen LogP contribution in [0.15, 0.2) is 29.2 Å². The summed E-state index contributed by atoms with van der Waals surface area (Å²) >= 11 is 0. The highest BCUT2D eigenvalue weighted by molar-refractivity contribution is 7.89. The van der Waals surface area contributed by atoms with E-state index in [0.717, 1.165) is 44.9 Å². The molecule has 5 nitrogen and oxygen atoms in total. The van der Waals surface area contributed by atoms with Crippen molar-refractivity contribution in [1.29, 1.82) is 0 Å². The van der Waals surface area contributed by atoms with Gasteiger partial charge in [-0.3, -0.25) is 4.79 Å². The average Bonchev–Trinajstić information content (AvgIpc) is 2.70. The monoisotopic (exact) mass is 392 g/mol. The summed E-state index contributed by atoms with van der Waals surface area (Å²) in [6.45, 7) is 2.17. The number of hydrogen-bond donors (Lipinski definition) is 1. The summed E-state index contributed by atoms with van der Waals surface area (Å²) in [6.07, 6.45) is 9.63. The fourth-order valence-electron chi connectivity index (χ4n) is 4.39. The zero-order valence-electron chi connectivity index (χ0n) is 16.5. The number of rotatable bonds is 5. The van der Waals surface area contributed by atoms with Gasteiger partial charge >= 0.3 is 0 Å². The lowest BCUT2D eigenvalue weighted by atomic mass is 9.86. The van der Waals surface area contributed by atoms with Gasteiger partial charge in [-0.2, -0.15) is 4.31 Å². The van der Waals surface area contributed by atoms with Gasteiger partial charge in [-0.05, 0) is 49.8 Å². The van der Waals surface area contributed by atoms with Crippen molar-refractivity contribution in [3.05, 3.63) is 29.8 Å². The topological polar surface area (TPSA) is 66.5 Å². The molecule has 2 aliphatic rings. The highest BCUT2D eigenvalue weighted by atomic mass is 32.2. The second kappa shape index (κ2) is 8.74. The van der Waals surface area contributed by atoms with Crippen LogP contribution >= 0.6 is 0 Å². The molecule has 6 heteroatoms. The molecule has 2 fully saturated rings. The number of carbonyl (C=O) groups excluding carboxylic acids is 1. The summed E-state index contributed by atoms with van der Waals surface area (Å²) in [5.41, 5.74) is 0.422. The van der Waals surface area contributed by atoms with Gasteiger partial charge < -0.3 is 5.32 Å². The first-order valence-electron chi connectivity index (χ1n) is 10.3. The minimum Gasteiger partial charge on any atom is -0.349 e. The van der Waals surface area contributed by atoms with Crippen molar-refractivity contribution in [2.75, 3.05) is 7.05 Å². The van der Waals surface area contributed by atoms with Gasteiger partial charge in [-0.25, -0.2) is 8.42 Å². The third-order valence-corrected chi connectivity index (χ3v) is 8.20. The lowest BCUT2D eigenvalue weighted by Crippen LogP contribution is -2.41. The third kappa shape index (κ3) is 4.72. The molecule has 2 saturated carbocycles. The van der Waals surface area contributed by atoms with Crippen LogP contribution < -0.4 is 5.32 Å². The van der Waals surface area contributed by atoms with Crippen LogP contribution in [0.3, 0.4) is 0 Å². The van der Waals surface area contributed by atoms with Crippen LogP contribution in [0.25, 0.3) is 0 Å². The molecule has 0 bridgehead atoms. The molecule has 0 spiro atoms. The maximum Gasteiger partial charge on any atom is 0.251 e. The van der Waals surface area contributed by atoms with E-state index < -0.39 is 10.0 Å². The normalized spacial score (nSPS) is 24.7. The van der Waals surface area contributed by atoms with Crippen LogP contribution in [0.4, 0.5) is 0 Å². The molecule has 0 aliphatic heterocycles. The lowest BCUT2D eigenvalue weighted by Gasteiger charge is -2.30. The Bertz CT molecular complexity index is 756. The Hall–Kier alpha value is -1.40. The van der Waals surface area contributed by atoms with Crippen LogP contribution in [0.2, 0.25) is 0 Å². The number of nitrogens with one attached hydrogen (secondary N) is 1.